The Labute approximate surface area is 186 Å². The molecule has 33 heavy (non-hydrogen) atoms. The molecule has 0 saturated carbocycles. The number of ether oxygens (including phenoxy) is 3. The molecule has 11 atom stereocenters. The van der Waals surface area contributed by atoms with Crippen LogP contribution in [0.2, 0.25) is 0 Å². The first kappa shape index (κ1) is 27.7. The van der Waals surface area contributed by atoms with Gasteiger partial charge in [0.1, 0.15) is 49.3 Å². The first-order valence-corrected chi connectivity index (χ1v) is 9.87. The lowest BCUT2D eigenvalue weighted by Gasteiger charge is -2.49. The Morgan fingerprint density at radius 2 is 1.73 bits per heavy atom. The van der Waals surface area contributed by atoms with E-state index in [0.29, 0.717) is 0 Å². The number of amides is 1. The predicted molar refractivity (Wildman–Crippen MR) is 98.8 cm³/mol. The summed E-state index contributed by atoms with van der Waals surface area (Å²) in [5.41, 5.74) is 0. The highest BCUT2D eigenvalue weighted by Gasteiger charge is 2.59. The molecule has 0 radical (unpaired) electrons. The van der Waals surface area contributed by atoms with E-state index in [1.165, 1.54) is 0 Å². The number of hydrogen-bond acceptors (Lipinski definition) is 14. The fourth-order valence-corrected chi connectivity index (χ4v) is 3.67. The molecule has 0 aromatic carbocycles. The molecule has 0 aliphatic carbocycles. The second kappa shape index (κ2) is 11.3. The maximum Gasteiger partial charge on any atom is 0.364 e. The van der Waals surface area contributed by atoms with Crippen molar-refractivity contribution in [2.45, 2.75) is 73.4 Å². The third-order valence-corrected chi connectivity index (χ3v) is 5.45. The third-order valence-electron chi connectivity index (χ3n) is 5.45. The van der Waals surface area contributed by atoms with E-state index in [9.17, 15) is 50.4 Å². The average Bonchev–Trinajstić information content (AvgIpc) is 2.79. The van der Waals surface area contributed by atoms with E-state index in [1.807, 2.05) is 0 Å². The molecule has 2 heterocycles. The zero-order chi connectivity index (χ0) is 25.1. The minimum absolute atomic E-state index is 0.854. The van der Waals surface area contributed by atoms with Crippen LogP contribution in [0.4, 0.5) is 0 Å². The van der Waals surface area contributed by atoms with Gasteiger partial charge in [-0.25, -0.2) is 4.79 Å². The third kappa shape index (κ3) is 5.76. The number of hydrogen-bond donors (Lipinski definition) is 11. The number of aliphatic hydroxyl groups excluding tert-OH is 9. The SMILES string of the molecule is O=C(CO)N[C@H]1[C@H]([C@H](O)[C@H](O)CO)OC(O[C@H]2[C@@H](O)[C@@H](CO)OC(O)[C@@H]2O)(C(=O)O)C[C@@H]1O. The molecule has 2 rings (SSSR count). The van der Waals surface area contributed by atoms with Crippen LogP contribution in [0.25, 0.3) is 0 Å². The molecule has 16 nitrogen and oxygen atoms in total. The number of carbonyl (C=O) groups excluding carboxylic acids is 1. The molecule has 2 aliphatic rings. The Morgan fingerprint density at radius 1 is 1.09 bits per heavy atom. The fourth-order valence-electron chi connectivity index (χ4n) is 3.67. The predicted octanol–water partition coefficient (Wildman–Crippen LogP) is -7.08. The van der Waals surface area contributed by atoms with Crippen LogP contribution in [-0.2, 0) is 23.8 Å². The van der Waals surface area contributed by atoms with Gasteiger partial charge in [-0.05, 0) is 0 Å². The van der Waals surface area contributed by atoms with Crippen LogP contribution in [0, 0.1) is 0 Å². The summed E-state index contributed by atoms with van der Waals surface area (Å²) in [5.74, 6) is -5.90. The minimum atomic E-state index is -2.93. The number of rotatable bonds is 9. The van der Waals surface area contributed by atoms with Gasteiger partial charge in [-0.3, -0.25) is 4.79 Å². The summed E-state index contributed by atoms with van der Waals surface area (Å²) in [6, 6.07) is -1.60. The van der Waals surface area contributed by atoms with Gasteiger partial charge < -0.3 is 70.6 Å². The maximum atomic E-state index is 12.1. The molecule has 2 saturated heterocycles. The van der Waals surface area contributed by atoms with Gasteiger partial charge in [-0.1, -0.05) is 0 Å². The van der Waals surface area contributed by atoms with Crippen molar-refractivity contribution >= 4 is 11.9 Å². The van der Waals surface area contributed by atoms with Crippen LogP contribution < -0.4 is 5.32 Å². The quantitative estimate of drug-likeness (QED) is 0.144. The van der Waals surface area contributed by atoms with Crippen LogP contribution in [-0.4, -0.2) is 150 Å². The fraction of sp³-hybridized carbons (Fsp3) is 0.882. The van der Waals surface area contributed by atoms with Crippen LogP contribution in [0.15, 0.2) is 0 Å². The molecule has 1 amide bonds. The molecule has 11 N–H and O–H groups in total. The van der Waals surface area contributed by atoms with Crippen molar-refractivity contribution in [2.24, 2.45) is 0 Å². The number of aliphatic carboxylic acids is 1. The number of carbonyl (C=O) groups is 2. The smallest absolute Gasteiger partial charge is 0.364 e. The first-order chi connectivity index (χ1) is 15.4. The second-order valence-corrected chi connectivity index (χ2v) is 7.72. The van der Waals surface area contributed by atoms with Gasteiger partial charge in [0.15, 0.2) is 6.29 Å². The summed E-state index contributed by atoms with van der Waals surface area (Å²) in [6.07, 6.45) is -18.2. The normalized spacial score (nSPS) is 41.2. The van der Waals surface area contributed by atoms with E-state index in [-0.39, 0.29) is 0 Å². The summed E-state index contributed by atoms with van der Waals surface area (Å²) in [6.45, 7) is -2.93. The standard InChI is InChI=1S/C17H29NO15/c19-2-6(23)10(25)13-9(18-8(24)4-21)5(22)1-17(32-13,16(29)30)33-14-11(26)7(3-20)31-15(28)12(14)27/h5-7,9-15,19-23,25-28H,1-4H2,(H,18,24)(H,29,30)/t5-,6+,7+,9+,10+,11-,12+,13+,14-,15?,17?/m0/s1. The van der Waals surface area contributed by atoms with E-state index in [0.717, 1.165) is 0 Å². The van der Waals surface area contributed by atoms with Gasteiger partial charge in [0.25, 0.3) is 5.79 Å². The largest absolute Gasteiger partial charge is 0.477 e. The number of carboxylic acid groups (broad SMARTS) is 1. The molecular weight excluding hydrogens is 458 g/mol. The monoisotopic (exact) mass is 487 g/mol. The van der Waals surface area contributed by atoms with Crippen molar-refractivity contribution in [3.8, 4) is 0 Å². The van der Waals surface area contributed by atoms with Gasteiger partial charge in [0.05, 0.1) is 25.4 Å². The molecule has 16 heteroatoms. The van der Waals surface area contributed by atoms with Crippen LogP contribution >= 0.6 is 0 Å². The summed E-state index contributed by atoms with van der Waals surface area (Å²) < 4.78 is 15.4. The number of nitrogens with one attached hydrogen (secondary N) is 1. The topological polar surface area (TPSA) is 276 Å². The summed E-state index contributed by atoms with van der Waals surface area (Å²) in [7, 11) is 0. The Balaban J connectivity index is 2.43. The van der Waals surface area contributed by atoms with Gasteiger partial charge in [-0.15, -0.1) is 0 Å². The van der Waals surface area contributed by atoms with Gasteiger partial charge in [0, 0.05) is 6.42 Å². The maximum absolute atomic E-state index is 12.1. The molecular formula is C17H29NO15. The van der Waals surface area contributed by atoms with Gasteiger partial charge in [-0.2, -0.15) is 0 Å². The van der Waals surface area contributed by atoms with Crippen molar-refractivity contribution in [3.63, 3.8) is 0 Å². The van der Waals surface area contributed by atoms with Crippen molar-refractivity contribution in [3.05, 3.63) is 0 Å². The minimum Gasteiger partial charge on any atom is -0.477 e. The van der Waals surface area contributed by atoms with Crippen LogP contribution in [0.1, 0.15) is 6.42 Å². The Bertz CT molecular complexity index is 681. The lowest BCUT2D eigenvalue weighted by Crippen LogP contribution is -2.70. The lowest BCUT2D eigenvalue weighted by molar-refractivity contribution is -0.366. The molecule has 2 unspecified atom stereocenters. The highest BCUT2D eigenvalue weighted by Crippen LogP contribution is 2.37. The van der Waals surface area contributed by atoms with Crippen LogP contribution in [0.5, 0.6) is 0 Å². The zero-order valence-electron chi connectivity index (χ0n) is 17.1. The molecule has 192 valence electrons. The van der Waals surface area contributed by atoms with Crippen LogP contribution in [0.3, 0.4) is 0 Å². The Morgan fingerprint density at radius 3 is 2.24 bits per heavy atom. The number of carboxylic acids is 1. The zero-order valence-corrected chi connectivity index (χ0v) is 17.1. The highest BCUT2D eigenvalue weighted by molar-refractivity contribution is 5.78. The van der Waals surface area contributed by atoms with Gasteiger partial charge >= 0.3 is 5.97 Å². The van der Waals surface area contributed by atoms with Crippen molar-refractivity contribution in [2.75, 3.05) is 19.8 Å². The van der Waals surface area contributed by atoms with Crippen molar-refractivity contribution in [1.82, 2.24) is 5.32 Å². The Kier molecular flexibility index (Phi) is 9.45. The summed E-state index contributed by atoms with van der Waals surface area (Å²) >= 11 is 0. The summed E-state index contributed by atoms with van der Waals surface area (Å²) in [5, 5.41) is 100. The second-order valence-electron chi connectivity index (χ2n) is 7.72. The molecule has 0 bridgehead atoms. The van der Waals surface area contributed by atoms with Gasteiger partial charge in [0.2, 0.25) is 5.91 Å². The molecule has 0 spiro atoms. The highest BCUT2D eigenvalue weighted by atomic mass is 16.7. The summed E-state index contributed by atoms with van der Waals surface area (Å²) in [4.78, 5) is 23.8. The van der Waals surface area contributed by atoms with E-state index in [2.05, 4.69) is 5.32 Å². The molecule has 0 aromatic rings. The van der Waals surface area contributed by atoms with E-state index < -0.39 is 105 Å². The first-order valence-electron chi connectivity index (χ1n) is 9.87. The molecule has 2 aliphatic heterocycles. The molecule has 2 fully saturated rings. The van der Waals surface area contributed by atoms with E-state index >= 15 is 0 Å². The average molecular weight is 487 g/mol. The number of aliphatic hydroxyl groups is 9. The Hall–Kier alpha value is -1.54. The molecule has 0 aromatic heterocycles. The van der Waals surface area contributed by atoms with E-state index in [1.54, 1.807) is 0 Å². The van der Waals surface area contributed by atoms with E-state index in [4.69, 9.17) is 24.4 Å². The lowest BCUT2D eigenvalue weighted by atomic mass is 9.88. The van der Waals surface area contributed by atoms with Crippen molar-refractivity contribution in [1.29, 1.82) is 0 Å². The van der Waals surface area contributed by atoms with Crippen molar-refractivity contribution < 1.29 is 74.9 Å².